The van der Waals surface area contributed by atoms with Crippen LogP contribution in [0.4, 0.5) is 5.69 Å². The van der Waals surface area contributed by atoms with Gasteiger partial charge in [0.15, 0.2) is 6.54 Å². The van der Waals surface area contributed by atoms with Crippen LogP contribution in [-0.2, 0) is 9.53 Å². The molecule has 0 radical (unpaired) electrons. The van der Waals surface area contributed by atoms with E-state index in [0.717, 1.165) is 12.1 Å². The molecule has 1 aliphatic rings. The van der Waals surface area contributed by atoms with Gasteiger partial charge in [0.1, 0.15) is 0 Å². The molecule has 0 aliphatic carbocycles. The van der Waals surface area contributed by atoms with Crippen molar-refractivity contribution in [3.63, 3.8) is 0 Å². The van der Waals surface area contributed by atoms with E-state index in [4.69, 9.17) is 4.74 Å². The van der Waals surface area contributed by atoms with Crippen molar-refractivity contribution in [2.24, 2.45) is 0 Å². The summed E-state index contributed by atoms with van der Waals surface area (Å²) in [6.45, 7) is 5.64. The Labute approximate surface area is 131 Å². The van der Waals surface area contributed by atoms with Gasteiger partial charge in [-0.3, -0.25) is 4.79 Å². The first-order chi connectivity index (χ1) is 10.5. The van der Waals surface area contributed by atoms with Gasteiger partial charge in [-0.2, -0.15) is 0 Å². The number of nitrogens with one attached hydrogen (secondary N) is 2. The number of hydrogen-bond acceptors (Lipinski definition) is 3. The average Bonchev–Trinajstić information content (AvgIpc) is 2.51. The van der Waals surface area contributed by atoms with E-state index in [0.29, 0.717) is 23.8 Å². The summed E-state index contributed by atoms with van der Waals surface area (Å²) in [7, 11) is 1.35. The number of benzene rings is 1. The first-order valence-electron chi connectivity index (χ1n) is 7.84. The normalized spacial score (nSPS) is 21.2. The molecular weight excluding hydrogens is 280 g/mol. The van der Waals surface area contributed by atoms with Crippen LogP contribution >= 0.6 is 0 Å². The zero-order valence-electron chi connectivity index (χ0n) is 13.6. The van der Waals surface area contributed by atoms with Crippen LogP contribution in [0.3, 0.4) is 0 Å². The van der Waals surface area contributed by atoms with Crippen LogP contribution in [0.25, 0.3) is 0 Å². The molecule has 1 saturated heterocycles. The van der Waals surface area contributed by atoms with E-state index in [1.54, 1.807) is 12.1 Å². The average molecular weight is 305 g/mol. The number of amides is 1. The van der Waals surface area contributed by atoms with Crippen LogP contribution in [-0.4, -0.2) is 38.1 Å². The number of hydrogen-bond donors (Lipinski definition) is 2. The first kappa shape index (κ1) is 16.5. The maximum absolute atomic E-state index is 12.3. The van der Waals surface area contributed by atoms with E-state index in [-0.39, 0.29) is 5.91 Å². The second-order valence-electron chi connectivity index (χ2n) is 6.05. The molecule has 0 saturated carbocycles. The number of likely N-dealkylation sites (tertiary alicyclic amines) is 1. The number of piperidine rings is 1. The van der Waals surface area contributed by atoms with Crippen LogP contribution in [0, 0.1) is 6.92 Å². The predicted octanol–water partition coefficient (Wildman–Crippen LogP) is 1.18. The quantitative estimate of drug-likeness (QED) is 0.821. The standard InChI is InChI=1S/C17H24N2O3/c1-12-7-8-14(17(21)22-3)10-15(12)18-16(20)11-19-9-5-4-6-13(19)2/h7-8,10,13H,4-6,9,11H2,1-3H3,(H,18,20)/p+1/t13-/m0/s1. The van der Waals surface area contributed by atoms with Crippen LogP contribution in [0.5, 0.6) is 0 Å². The Kier molecular flexibility index (Phi) is 5.55. The van der Waals surface area contributed by atoms with E-state index in [9.17, 15) is 9.59 Å². The fourth-order valence-corrected chi connectivity index (χ4v) is 2.92. The highest BCUT2D eigenvalue weighted by atomic mass is 16.5. The Bertz CT molecular complexity index is 557. The molecule has 0 bridgehead atoms. The van der Waals surface area contributed by atoms with Crippen molar-refractivity contribution >= 4 is 17.6 Å². The van der Waals surface area contributed by atoms with Gasteiger partial charge in [-0.25, -0.2) is 4.79 Å². The molecule has 1 unspecified atom stereocenters. The molecule has 1 aliphatic heterocycles. The largest absolute Gasteiger partial charge is 0.465 e. The molecule has 1 heterocycles. The summed E-state index contributed by atoms with van der Waals surface area (Å²) in [4.78, 5) is 25.2. The highest BCUT2D eigenvalue weighted by molar-refractivity contribution is 5.95. The van der Waals surface area contributed by atoms with Crippen LogP contribution in [0.1, 0.15) is 42.1 Å². The third kappa shape index (κ3) is 4.07. The fraction of sp³-hybridized carbons (Fsp3) is 0.529. The second kappa shape index (κ2) is 7.40. The van der Waals surface area contributed by atoms with Gasteiger partial charge in [0, 0.05) is 5.69 Å². The number of quaternary nitrogens is 1. The number of esters is 1. The van der Waals surface area contributed by atoms with E-state index < -0.39 is 5.97 Å². The number of carbonyl (C=O) groups excluding carboxylic acids is 2. The van der Waals surface area contributed by atoms with Crippen LogP contribution in [0.2, 0.25) is 0 Å². The number of ether oxygens (including phenoxy) is 1. The fourth-order valence-electron chi connectivity index (χ4n) is 2.92. The Morgan fingerprint density at radius 1 is 1.36 bits per heavy atom. The summed E-state index contributed by atoms with van der Waals surface area (Å²) in [5.74, 6) is -0.403. The van der Waals surface area contributed by atoms with Gasteiger partial charge in [0.2, 0.25) is 0 Å². The minimum Gasteiger partial charge on any atom is -0.465 e. The molecule has 0 aromatic heterocycles. The van der Waals surface area contributed by atoms with Crippen molar-refractivity contribution in [1.29, 1.82) is 0 Å². The first-order valence-corrected chi connectivity index (χ1v) is 7.84. The molecule has 0 spiro atoms. The van der Waals surface area contributed by atoms with Gasteiger partial charge in [-0.05, 0) is 50.8 Å². The second-order valence-corrected chi connectivity index (χ2v) is 6.05. The molecule has 5 nitrogen and oxygen atoms in total. The third-order valence-corrected chi connectivity index (χ3v) is 4.40. The molecule has 22 heavy (non-hydrogen) atoms. The van der Waals surface area contributed by atoms with Crippen LogP contribution < -0.4 is 10.2 Å². The molecule has 2 atom stereocenters. The highest BCUT2D eigenvalue weighted by Gasteiger charge is 2.24. The molecule has 2 N–H and O–H groups in total. The molecule has 1 aromatic carbocycles. The third-order valence-electron chi connectivity index (χ3n) is 4.40. The maximum Gasteiger partial charge on any atom is 0.337 e. The summed E-state index contributed by atoms with van der Waals surface area (Å²) in [6.07, 6.45) is 3.62. The number of carbonyl (C=O) groups is 2. The Balaban J connectivity index is 2.03. The van der Waals surface area contributed by atoms with Crippen molar-refractivity contribution in [3.8, 4) is 0 Å². The van der Waals surface area contributed by atoms with E-state index in [1.807, 2.05) is 13.0 Å². The number of rotatable bonds is 4. The summed E-state index contributed by atoms with van der Waals surface area (Å²) in [5, 5.41) is 2.93. The molecule has 2 rings (SSSR count). The van der Waals surface area contributed by atoms with Crippen molar-refractivity contribution < 1.29 is 19.2 Å². The van der Waals surface area contributed by atoms with E-state index in [1.165, 1.54) is 31.3 Å². The topological polar surface area (TPSA) is 59.8 Å². The zero-order valence-corrected chi connectivity index (χ0v) is 13.6. The van der Waals surface area contributed by atoms with Gasteiger partial charge in [-0.15, -0.1) is 0 Å². The number of aryl methyl sites for hydroxylation is 1. The lowest BCUT2D eigenvalue weighted by molar-refractivity contribution is -0.920. The lowest BCUT2D eigenvalue weighted by Crippen LogP contribution is -3.17. The Morgan fingerprint density at radius 2 is 2.14 bits per heavy atom. The number of anilines is 1. The highest BCUT2D eigenvalue weighted by Crippen LogP contribution is 2.17. The lowest BCUT2D eigenvalue weighted by Gasteiger charge is -2.29. The van der Waals surface area contributed by atoms with Crippen molar-refractivity contribution in [2.75, 3.05) is 25.5 Å². The molecule has 5 heteroatoms. The minimum absolute atomic E-state index is 0.00568. The van der Waals surface area contributed by atoms with Gasteiger partial charge in [-0.1, -0.05) is 6.07 Å². The number of methoxy groups -OCH3 is 1. The Hall–Kier alpha value is -1.88. The van der Waals surface area contributed by atoms with Gasteiger partial charge in [0.25, 0.3) is 5.91 Å². The monoisotopic (exact) mass is 305 g/mol. The van der Waals surface area contributed by atoms with E-state index >= 15 is 0 Å². The molecular formula is C17H25N2O3+. The smallest absolute Gasteiger partial charge is 0.337 e. The zero-order chi connectivity index (χ0) is 16.1. The predicted molar refractivity (Wildman–Crippen MR) is 85.2 cm³/mol. The van der Waals surface area contributed by atoms with Crippen molar-refractivity contribution in [1.82, 2.24) is 0 Å². The molecule has 1 aromatic rings. The van der Waals surface area contributed by atoms with Crippen LogP contribution in [0.15, 0.2) is 18.2 Å². The molecule has 120 valence electrons. The SMILES string of the molecule is COC(=O)c1ccc(C)c(NC(=O)C[NH+]2CCCC[C@@H]2C)c1. The Morgan fingerprint density at radius 3 is 2.82 bits per heavy atom. The minimum atomic E-state index is -0.397. The van der Waals surface area contributed by atoms with Gasteiger partial charge >= 0.3 is 5.97 Å². The summed E-state index contributed by atoms with van der Waals surface area (Å²) < 4.78 is 4.72. The molecule has 1 amide bonds. The molecule has 1 fully saturated rings. The van der Waals surface area contributed by atoms with Crippen molar-refractivity contribution in [2.45, 2.75) is 39.2 Å². The summed E-state index contributed by atoms with van der Waals surface area (Å²) in [6, 6.07) is 5.73. The van der Waals surface area contributed by atoms with Gasteiger partial charge in [0.05, 0.1) is 25.3 Å². The van der Waals surface area contributed by atoms with Gasteiger partial charge < -0.3 is 15.0 Å². The maximum atomic E-state index is 12.3. The van der Waals surface area contributed by atoms with Crippen molar-refractivity contribution in [3.05, 3.63) is 29.3 Å². The van der Waals surface area contributed by atoms with E-state index in [2.05, 4.69) is 12.2 Å². The summed E-state index contributed by atoms with van der Waals surface area (Å²) in [5.41, 5.74) is 2.06. The summed E-state index contributed by atoms with van der Waals surface area (Å²) >= 11 is 0. The lowest BCUT2D eigenvalue weighted by atomic mass is 10.0.